The summed E-state index contributed by atoms with van der Waals surface area (Å²) >= 11 is 0. The number of methoxy groups -OCH3 is 1. The lowest BCUT2D eigenvalue weighted by molar-refractivity contribution is 0.142. The molecule has 0 bridgehead atoms. The Labute approximate surface area is 101 Å². The summed E-state index contributed by atoms with van der Waals surface area (Å²) in [5, 5.41) is 11.1. The van der Waals surface area contributed by atoms with Gasteiger partial charge >= 0.3 is 6.01 Å². The van der Waals surface area contributed by atoms with E-state index < -0.39 is 0 Å². The lowest BCUT2D eigenvalue weighted by Gasteiger charge is -2.30. The molecule has 0 aliphatic carbocycles. The maximum Gasteiger partial charge on any atom is 0.318 e. The van der Waals surface area contributed by atoms with Crippen molar-refractivity contribution in [1.82, 2.24) is 15.5 Å². The van der Waals surface area contributed by atoms with E-state index in [-0.39, 0.29) is 0 Å². The monoisotopic (exact) mass is 240 g/mol. The van der Waals surface area contributed by atoms with Crippen LogP contribution < -0.4 is 10.2 Å². The summed E-state index contributed by atoms with van der Waals surface area (Å²) in [6.45, 7) is 3.34. The summed E-state index contributed by atoms with van der Waals surface area (Å²) in [6, 6.07) is 0.635. The van der Waals surface area contributed by atoms with Gasteiger partial charge in [0.25, 0.3) is 0 Å². The highest BCUT2D eigenvalue weighted by molar-refractivity contribution is 5.25. The number of nitrogens with one attached hydrogen (secondary N) is 1. The van der Waals surface area contributed by atoms with Crippen molar-refractivity contribution in [2.75, 3.05) is 38.8 Å². The minimum absolute atomic E-state index is 0.563. The van der Waals surface area contributed by atoms with Gasteiger partial charge in [-0.15, -0.1) is 5.10 Å². The van der Waals surface area contributed by atoms with E-state index in [0.717, 1.165) is 26.1 Å². The van der Waals surface area contributed by atoms with E-state index in [1.807, 2.05) is 7.05 Å². The van der Waals surface area contributed by atoms with Gasteiger partial charge in [0.1, 0.15) is 0 Å². The zero-order chi connectivity index (χ0) is 12.1. The summed E-state index contributed by atoms with van der Waals surface area (Å²) in [7, 11) is 3.61. The number of hydrogen-bond donors (Lipinski definition) is 1. The molecular weight excluding hydrogens is 220 g/mol. The van der Waals surface area contributed by atoms with Crippen molar-refractivity contribution in [1.29, 1.82) is 0 Å². The van der Waals surface area contributed by atoms with Crippen LogP contribution in [0.25, 0.3) is 0 Å². The first-order valence-electron chi connectivity index (χ1n) is 6.04. The van der Waals surface area contributed by atoms with Gasteiger partial charge in [0.15, 0.2) is 0 Å². The molecule has 2 heterocycles. The number of piperidine rings is 1. The lowest BCUT2D eigenvalue weighted by Crippen LogP contribution is -2.37. The molecule has 1 aromatic rings. The number of ether oxygens (including phenoxy) is 1. The third-order valence-corrected chi connectivity index (χ3v) is 2.98. The average molecular weight is 240 g/mol. The predicted molar refractivity (Wildman–Crippen MR) is 63.9 cm³/mol. The molecule has 1 N–H and O–H groups in total. The standard InChI is InChI=1S/C11H20N4O2/c1-12-6-10-13-14-11(17-10)15-5-3-4-9(7-15)8-16-2/h9,12H,3-8H2,1-2H3. The molecule has 1 saturated heterocycles. The van der Waals surface area contributed by atoms with E-state index in [1.165, 1.54) is 6.42 Å². The lowest BCUT2D eigenvalue weighted by atomic mass is 9.99. The van der Waals surface area contributed by atoms with Crippen molar-refractivity contribution in [3.8, 4) is 0 Å². The fourth-order valence-corrected chi connectivity index (χ4v) is 2.21. The molecule has 1 aromatic heterocycles. The zero-order valence-corrected chi connectivity index (χ0v) is 10.5. The Morgan fingerprint density at radius 3 is 3.18 bits per heavy atom. The van der Waals surface area contributed by atoms with Gasteiger partial charge in [-0.25, -0.2) is 0 Å². The highest BCUT2D eigenvalue weighted by Crippen LogP contribution is 2.22. The summed E-state index contributed by atoms with van der Waals surface area (Å²) in [5.74, 6) is 1.20. The van der Waals surface area contributed by atoms with Crippen LogP contribution in [0.4, 0.5) is 6.01 Å². The van der Waals surface area contributed by atoms with Gasteiger partial charge in [-0.2, -0.15) is 0 Å². The number of aromatic nitrogens is 2. The Morgan fingerprint density at radius 1 is 1.53 bits per heavy atom. The smallest absolute Gasteiger partial charge is 0.318 e. The number of nitrogens with zero attached hydrogens (tertiary/aromatic N) is 3. The highest BCUT2D eigenvalue weighted by Gasteiger charge is 2.23. The second-order valence-corrected chi connectivity index (χ2v) is 4.42. The molecule has 0 radical (unpaired) electrons. The highest BCUT2D eigenvalue weighted by atomic mass is 16.5. The fourth-order valence-electron chi connectivity index (χ4n) is 2.21. The van der Waals surface area contributed by atoms with Crippen molar-refractivity contribution >= 4 is 6.01 Å². The zero-order valence-electron chi connectivity index (χ0n) is 10.5. The molecule has 0 spiro atoms. The Morgan fingerprint density at radius 2 is 2.41 bits per heavy atom. The first-order valence-corrected chi connectivity index (χ1v) is 6.04. The fraction of sp³-hybridized carbons (Fsp3) is 0.818. The van der Waals surface area contributed by atoms with E-state index in [0.29, 0.717) is 24.4 Å². The van der Waals surface area contributed by atoms with Crippen LogP contribution in [0.5, 0.6) is 0 Å². The normalized spacial score (nSPS) is 20.8. The third kappa shape index (κ3) is 3.17. The molecule has 1 atom stereocenters. The van der Waals surface area contributed by atoms with Crippen LogP contribution in [0.2, 0.25) is 0 Å². The first-order chi connectivity index (χ1) is 8.33. The van der Waals surface area contributed by atoms with Crippen LogP contribution in [-0.2, 0) is 11.3 Å². The second kappa shape index (κ2) is 5.97. The second-order valence-electron chi connectivity index (χ2n) is 4.42. The van der Waals surface area contributed by atoms with Crippen LogP contribution in [0.3, 0.4) is 0 Å². The summed E-state index contributed by atoms with van der Waals surface area (Å²) in [6.07, 6.45) is 2.36. The van der Waals surface area contributed by atoms with Crippen LogP contribution in [0.1, 0.15) is 18.7 Å². The Bertz CT molecular complexity index is 340. The molecule has 96 valence electrons. The van der Waals surface area contributed by atoms with Gasteiger partial charge < -0.3 is 19.4 Å². The van der Waals surface area contributed by atoms with Crippen LogP contribution in [0.15, 0.2) is 4.42 Å². The van der Waals surface area contributed by atoms with Gasteiger partial charge in [0, 0.05) is 26.1 Å². The molecular formula is C11H20N4O2. The molecule has 0 amide bonds. The minimum Gasteiger partial charge on any atom is -0.407 e. The van der Waals surface area contributed by atoms with E-state index in [9.17, 15) is 0 Å². The van der Waals surface area contributed by atoms with Crippen LogP contribution in [-0.4, -0.2) is 44.1 Å². The van der Waals surface area contributed by atoms with E-state index >= 15 is 0 Å². The summed E-state index contributed by atoms with van der Waals surface area (Å²) in [4.78, 5) is 2.15. The van der Waals surface area contributed by atoms with Gasteiger partial charge in [0.05, 0.1) is 13.2 Å². The van der Waals surface area contributed by atoms with Crippen molar-refractivity contribution in [2.24, 2.45) is 5.92 Å². The molecule has 6 heteroatoms. The van der Waals surface area contributed by atoms with E-state index in [2.05, 4.69) is 20.4 Å². The number of rotatable bonds is 5. The van der Waals surface area contributed by atoms with Gasteiger partial charge in [-0.3, -0.25) is 0 Å². The van der Waals surface area contributed by atoms with Crippen LogP contribution in [0, 0.1) is 5.92 Å². The maximum absolute atomic E-state index is 5.59. The van der Waals surface area contributed by atoms with Crippen molar-refractivity contribution in [2.45, 2.75) is 19.4 Å². The van der Waals surface area contributed by atoms with Crippen LogP contribution >= 0.6 is 0 Å². The molecule has 1 unspecified atom stereocenters. The Hall–Kier alpha value is -1.14. The minimum atomic E-state index is 0.563. The molecule has 2 rings (SSSR count). The molecule has 0 saturated carbocycles. The third-order valence-electron chi connectivity index (χ3n) is 2.98. The SMILES string of the molecule is CNCc1nnc(N2CCCC(COC)C2)o1. The molecule has 1 aliphatic rings. The predicted octanol–water partition coefficient (Wildman–Crippen LogP) is 0.652. The molecule has 6 nitrogen and oxygen atoms in total. The number of anilines is 1. The van der Waals surface area contributed by atoms with Gasteiger partial charge in [-0.1, -0.05) is 5.10 Å². The quantitative estimate of drug-likeness (QED) is 0.815. The van der Waals surface area contributed by atoms with E-state index in [1.54, 1.807) is 7.11 Å². The van der Waals surface area contributed by atoms with Gasteiger partial charge in [0.2, 0.25) is 5.89 Å². The molecule has 1 fully saturated rings. The topological polar surface area (TPSA) is 63.4 Å². The maximum atomic E-state index is 5.59. The van der Waals surface area contributed by atoms with Gasteiger partial charge in [-0.05, 0) is 19.9 Å². The molecule has 17 heavy (non-hydrogen) atoms. The van der Waals surface area contributed by atoms with Crippen molar-refractivity contribution in [3.63, 3.8) is 0 Å². The molecule has 0 aromatic carbocycles. The first kappa shape index (κ1) is 12.3. The Balaban J connectivity index is 1.95. The molecule has 1 aliphatic heterocycles. The number of hydrogen-bond acceptors (Lipinski definition) is 6. The van der Waals surface area contributed by atoms with Crippen molar-refractivity contribution < 1.29 is 9.15 Å². The van der Waals surface area contributed by atoms with Crippen molar-refractivity contribution in [3.05, 3.63) is 5.89 Å². The summed E-state index contributed by atoms with van der Waals surface area (Å²) in [5.41, 5.74) is 0. The summed E-state index contributed by atoms with van der Waals surface area (Å²) < 4.78 is 10.8. The van der Waals surface area contributed by atoms with E-state index in [4.69, 9.17) is 9.15 Å². The Kier molecular flexibility index (Phi) is 4.33. The average Bonchev–Trinajstić information content (AvgIpc) is 2.79. The largest absolute Gasteiger partial charge is 0.407 e.